The lowest BCUT2D eigenvalue weighted by molar-refractivity contribution is 0.196. The molecule has 0 N–H and O–H groups in total. The summed E-state index contributed by atoms with van der Waals surface area (Å²) in [7, 11) is 0. The second kappa shape index (κ2) is 6.62. The first-order valence-electron chi connectivity index (χ1n) is 6.57. The molecule has 98 valence electrons. The second-order valence-corrected chi connectivity index (χ2v) is 5.38. The summed E-state index contributed by atoms with van der Waals surface area (Å²) < 4.78 is 7.55. The van der Waals surface area contributed by atoms with E-state index in [0.717, 1.165) is 12.3 Å². The smallest absolute Gasteiger partial charge is 0.253 e. The van der Waals surface area contributed by atoms with E-state index in [1.165, 1.54) is 12.8 Å². The minimum Gasteiger partial charge on any atom is -0.472 e. The van der Waals surface area contributed by atoms with Gasteiger partial charge in [0.05, 0.1) is 12.3 Å². The predicted molar refractivity (Wildman–Crippen MR) is 69.2 cm³/mol. The average molecular weight is 239 g/mol. The van der Waals surface area contributed by atoms with Crippen molar-refractivity contribution in [1.29, 1.82) is 0 Å². The highest BCUT2D eigenvalue weighted by atomic mass is 16.5. The van der Waals surface area contributed by atoms with E-state index in [4.69, 9.17) is 4.74 Å². The van der Waals surface area contributed by atoms with Gasteiger partial charge in [-0.3, -0.25) is 0 Å². The Morgan fingerprint density at radius 1 is 1.18 bits per heavy atom. The maximum Gasteiger partial charge on any atom is 0.253 e. The molecular formula is C13H25N3O. The molecule has 1 rings (SSSR count). The standard InChI is InChI=1S/C13H25N3O/c1-10(2)7-6-8-12(5)17-13-9-16(11(3)4)15-14-13/h9-12H,6-8H2,1-5H3. The van der Waals surface area contributed by atoms with Crippen LogP contribution in [0.4, 0.5) is 0 Å². The van der Waals surface area contributed by atoms with E-state index in [1.54, 1.807) is 0 Å². The van der Waals surface area contributed by atoms with Crippen molar-refractivity contribution < 1.29 is 4.74 Å². The van der Waals surface area contributed by atoms with Crippen LogP contribution in [0.15, 0.2) is 6.20 Å². The van der Waals surface area contributed by atoms with E-state index in [9.17, 15) is 0 Å². The second-order valence-electron chi connectivity index (χ2n) is 5.38. The summed E-state index contributed by atoms with van der Waals surface area (Å²) in [5.41, 5.74) is 0. The molecule has 1 aromatic rings. The first-order chi connectivity index (χ1) is 7.99. The molecule has 17 heavy (non-hydrogen) atoms. The van der Waals surface area contributed by atoms with Gasteiger partial charge in [-0.05, 0) is 39.5 Å². The van der Waals surface area contributed by atoms with Gasteiger partial charge in [-0.15, -0.1) is 0 Å². The van der Waals surface area contributed by atoms with Gasteiger partial charge in [0, 0.05) is 6.04 Å². The zero-order valence-corrected chi connectivity index (χ0v) is 11.7. The lowest BCUT2D eigenvalue weighted by atomic mass is 10.0. The highest BCUT2D eigenvalue weighted by molar-refractivity contribution is 5.00. The summed E-state index contributed by atoms with van der Waals surface area (Å²) in [5.74, 6) is 1.40. The molecule has 0 fully saturated rings. The molecule has 4 nitrogen and oxygen atoms in total. The van der Waals surface area contributed by atoms with E-state index < -0.39 is 0 Å². The third kappa shape index (κ3) is 5.20. The molecule has 1 heterocycles. The Kier molecular flexibility index (Phi) is 5.45. The van der Waals surface area contributed by atoms with Gasteiger partial charge < -0.3 is 4.74 Å². The molecule has 1 aromatic heterocycles. The molecule has 0 bridgehead atoms. The number of hydrogen-bond donors (Lipinski definition) is 0. The van der Waals surface area contributed by atoms with Gasteiger partial charge in [-0.1, -0.05) is 30.6 Å². The predicted octanol–water partition coefficient (Wildman–Crippen LogP) is 3.45. The summed E-state index contributed by atoms with van der Waals surface area (Å²) in [6.07, 6.45) is 5.62. The van der Waals surface area contributed by atoms with Gasteiger partial charge in [-0.25, -0.2) is 4.68 Å². The van der Waals surface area contributed by atoms with E-state index >= 15 is 0 Å². The molecule has 4 heteroatoms. The Labute approximate surface area is 104 Å². The number of rotatable bonds is 7. The Bertz CT molecular complexity index is 320. The molecule has 0 radical (unpaired) electrons. The highest BCUT2D eigenvalue weighted by Gasteiger charge is 2.09. The first-order valence-corrected chi connectivity index (χ1v) is 6.57. The van der Waals surface area contributed by atoms with Crippen LogP contribution in [-0.4, -0.2) is 21.1 Å². The maximum absolute atomic E-state index is 5.73. The van der Waals surface area contributed by atoms with Crippen molar-refractivity contribution in [3.05, 3.63) is 6.20 Å². The summed E-state index contributed by atoms with van der Waals surface area (Å²) in [6.45, 7) is 10.7. The van der Waals surface area contributed by atoms with Crippen LogP contribution in [0.3, 0.4) is 0 Å². The molecular weight excluding hydrogens is 214 g/mol. The molecule has 0 aromatic carbocycles. The lowest BCUT2D eigenvalue weighted by Crippen LogP contribution is -2.12. The number of aromatic nitrogens is 3. The van der Waals surface area contributed by atoms with E-state index in [2.05, 4.69) is 44.9 Å². The van der Waals surface area contributed by atoms with E-state index in [0.29, 0.717) is 11.9 Å². The number of ether oxygens (including phenoxy) is 1. The van der Waals surface area contributed by atoms with Crippen LogP contribution in [0.25, 0.3) is 0 Å². The SMILES string of the molecule is CC(C)CCCC(C)Oc1cn(C(C)C)nn1. The van der Waals surface area contributed by atoms with Crippen LogP contribution in [0, 0.1) is 5.92 Å². The fourth-order valence-corrected chi connectivity index (χ4v) is 1.65. The maximum atomic E-state index is 5.73. The van der Waals surface area contributed by atoms with E-state index in [-0.39, 0.29) is 6.10 Å². The van der Waals surface area contributed by atoms with Crippen molar-refractivity contribution in [3.63, 3.8) is 0 Å². The fourth-order valence-electron chi connectivity index (χ4n) is 1.65. The van der Waals surface area contributed by atoms with Crippen molar-refractivity contribution in [2.75, 3.05) is 0 Å². The average Bonchev–Trinajstić information content (AvgIpc) is 2.65. The van der Waals surface area contributed by atoms with Gasteiger partial charge in [0.2, 0.25) is 0 Å². The van der Waals surface area contributed by atoms with Gasteiger partial charge in [0.15, 0.2) is 0 Å². The minimum absolute atomic E-state index is 0.214. The minimum atomic E-state index is 0.214. The molecule has 0 amide bonds. The van der Waals surface area contributed by atoms with Gasteiger partial charge in [0.1, 0.15) is 0 Å². The molecule has 0 aliphatic carbocycles. The largest absolute Gasteiger partial charge is 0.472 e. The Hall–Kier alpha value is -1.06. The third-order valence-electron chi connectivity index (χ3n) is 2.73. The van der Waals surface area contributed by atoms with Crippen LogP contribution >= 0.6 is 0 Å². The molecule has 0 aliphatic rings. The van der Waals surface area contributed by atoms with Crippen LogP contribution in [0.1, 0.15) is 59.9 Å². The van der Waals surface area contributed by atoms with Gasteiger partial charge in [-0.2, -0.15) is 0 Å². The third-order valence-corrected chi connectivity index (χ3v) is 2.73. The summed E-state index contributed by atoms with van der Waals surface area (Å²) in [5, 5.41) is 8.03. The number of nitrogens with zero attached hydrogens (tertiary/aromatic N) is 3. The number of hydrogen-bond acceptors (Lipinski definition) is 3. The highest BCUT2D eigenvalue weighted by Crippen LogP contribution is 2.14. The van der Waals surface area contributed by atoms with Crippen LogP contribution in [0.2, 0.25) is 0 Å². The quantitative estimate of drug-likeness (QED) is 0.731. The zero-order chi connectivity index (χ0) is 12.8. The first kappa shape index (κ1) is 14.0. The molecule has 0 aliphatic heterocycles. The molecule has 1 unspecified atom stereocenters. The molecule has 0 saturated carbocycles. The summed E-state index contributed by atoms with van der Waals surface area (Å²) in [4.78, 5) is 0. The zero-order valence-electron chi connectivity index (χ0n) is 11.7. The van der Waals surface area contributed by atoms with E-state index in [1.807, 2.05) is 10.9 Å². The monoisotopic (exact) mass is 239 g/mol. The van der Waals surface area contributed by atoms with Crippen LogP contribution in [-0.2, 0) is 0 Å². The van der Waals surface area contributed by atoms with Crippen LogP contribution < -0.4 is 4.74 Å². The molecule has 1 atom stereocenters. The van der Waals surface area contributed by atoms with Crippen molar-refractivity contribution in [2.24, 2.45) is 5.92 Å². The normalized spacial score (nSPS) is 13.4. The van der Waals surface area contributed by atoms with Crippen molar-refractivity contribution >= 4 is 0 Å². The summed E-state index contributed by atoms with van der Waals surface area (Å²) >= 11 is 0. The fraction of sp³-hybridized carbons (Fsp3) is 0.846. The van der Waals surface area contributed by atoms with Crippen molar-refractivity contribution in [1.82, 2.24) is 15.0 Å². The Morgan fingerprint density at radius 2 is 1.88 bits per heavy atom. The molecule has 0 saturated heterocycles. The lowest BCUT2D eigenvalue weighted by Gasteiger charge is -2.12. The Morgan fingerprint density at radius 3 is 2.41 bits per heavy atom. The topological polar surface area (TPSA) is 39.9 Å². The van der Waals surface area contributed by atoms with Gasteiger partial charge >= 0.3 is 0 Å². The van der Waals surface area contributed by atoms with Crippen molar-refractivity contribution in [3.8, 4) is 5.88 Å². The summed E-state index contributed by atoms with van der Waals surface area (Å²) in [6, 6.07) is 0.330. The Balaban J connectivity index is 2.32. The molecule has 0 spiro atoms. The van der Waals surface area contributed by atoms with Crippen molar-refractivity contribution in [2.45, 2.75) is 66.0 Å². The van der Waals surface area contributed by atoms with Crippen LogP contribution in [0.5, 0.6) is 5.88 Å². The van der Waals surface area contributed by atoms with Gasteiger partial charge in [0.25, 0.3) is 5.88 Å².